The summed E-state index contributed by atoms with van der Waals surface area (Å²) in [5.74, 6) is 0.0192. The zero-order valence-electron chi connectivity index (χ0n) is 11.0. The predicted octanol–water partition coefficient (Wildman–Crippen LogP) is 1.76. The van der Waals surface area contributed by atoms with Crippen LogP contribution in [0.4, 0.5) is 4.79 Å². The van der Waals surface area contributed by atoms with Crippen molar-refractivity contribution in [1.29, 1.82) is 0 Å². The molecule has 1 atom stereocenters. The molecule has 1 unspecified atom stereocenters. The summed E-state index contributed by atoms with van der Waals surface area (Å²) < 4.78 is 5.19. The van der Waals surface area contributed by atoms with Crippen LogP contribution in [0, 0.1) is 0 Å². The zero-order chi connectivity index (χ0) is 14.1. The average Bonchev–Trinajstić information content (AvgIpc) is 2.80. The molecule has 0 bridgehead atoms. The van der Waals surface area contributed by atoms with Crippen LogP contribution < -0.4 is 10.6 Å². The van der Waals surface area contributed by atoms with Gasteiger partial charge in [-0.2, -0.15) is 0 Å². The standard InChI is InChI=1S/C13H20N2O4/c1-10(9-11-5-4-8-19-11)15-13(18)14-7-3-2-6-12(16)17/h4-5,8,10H,2-3,6-7,9H2,1H3,(H,16,17)(H2,14,15,18). The lowest BCUT2D eigenvalue weighted by Crippen LogP contribution is -2.41. The molecular weight excluding hydrogens is 248 g/mol. The Labute approximate surface area is 112 Å². The maximum Gasteiger partial charge on any atom is 0.315 e. The van der Waals surface area contributed by atoms with Crippen LogP contribution in [0.5, 0.6) is 0 Å². The molecule has 0 saturated heterocycles. The van der Waals surface area contributed by atoms with E-state index in [0.29, 0.717) is 25.8 Å². The van der Waals surface area contributed by atoms with Crippen LogP contribution in [0.1, 0.15) is 31.9 Å². The first-order chi connectivity index (χ1) is 9.08. The van der Waals surface area contributed by atoms with E-state index in [2.05, 4.69) is 10.6 Å². The fourth-order valence-electron chi connectivity index (χ4n) is 1.66. The minimum Gasteiger partial charge on any atom is -0.481 e. The number of carboxylic acid groups (broad SMARTS) is 1. The first kappa shape index (κ1) is 15.1. The van der Waals surface area contributed by atoms with Crippen molar-refractivity contribution < 1.29 is 19.1 Å². The molecule has 0 aliphatic rings. The van der Waals surface area contributed by atoms with E-state index in [1.54, 1.807) is 6.26 Å². The molecule has 1 rings (SSSR count). The number of nitrogens with one attached hydrogen (secondary N) is 2. The Morgan fingerprint density at radius 3 is 2.84 bits per heavy atom. The predicted molar refractivity (Wildman–Crippen MR) is 69.9 cm³/mol. The Kier molecular flexibility index (Phi) is 6.49. The van der Waals surface area contributed by atoms with Gasteiger partial charge in [-0.05, 0) is 31.9 Å². The van der Waals surface area contributed by atoms with Crippen LogP contribution in [-0.4, -0.2) is 29.7 Å². The maximum atomic E-state index is 11.5. The van der Waals surface area contributed by atoms with Gasteiger partial charge in [0.15, 0.2) is 0 Å². The number of carbonyl (C=O) groups is 2. The average molecular weight is 268 g/mol. The second-order valence-electron chi connectivity index (χ2n) is 4.44. The smallest absolute Gasteiger partial charge is 0.315 e. The molecule has 0 aromatic carbocycles. The highest BCUT2D eigenvalue weighted by Gasteiger charge is 2.08. The van der Waals surface area contributed by atoms with Crippen molar-refractivity contribution in [3.05, 3.63) is 24.2 Å². The summed E-state index contributed by atoms with van der Waals surface area (Å²) in [5, 5.41) is 13.9. The molecule has 1 heterocycles. The first-order valence-electron chi connectivity index (χ1n) is 6.36. The number of rotatable bonds is 8. The molecule has 0 aliphatic heterocycles. The maximum absolute atomic E-state index is 11.5. The molecule has 6 heteroatoms. The third-order valence-electron chi connectivity index (χ3n) is 2.57. The lowest BCUT2D eigenvalue weighted by Gasteiger charge is -2.13. The normalized spacial score (nSPS) is 11.8. The van der Waals surface area contributed by atoms with Crippen LogP contribution in [-0.2, 0) is 11.2 Å². The van der Waals surface area contributed by atoms with Gasteiger partial charge in [-0.1, -0.05) is 0 Å². The van der Waals surface area contributed by atoms with E-state index in [1.807, 2.05) is 19.1 Å². The van der Waals surface area contributed by atoms with Crippen LogP contribution in [0.3, 0.4) is 0 Å². The molecule has 19 heavy (non-hydrogen) atoms. The number of carboxylic acids is 1. The summed E-state index contributed by atoms with van der Waals surface area (Å²) in [6, 6.07) is 3.41. The molecule has 0 fully saturated rings. The van der Waals surface area contributed by atoms with Gasteiger partial charge in [0, 0.05) is 25.4 Å². The molecule has 2 amide bonds. The van der Waals surface area contributed by atoms with Crippen molar-refractivity contribution in [3.8, 4) is 0 Å². The highest BCUT2D eigenvalue weighted by atomic mass is 16.4. The van der Waals surface area contributed by atoms with Gasteiger partial charge in [0.05, 0.1) is 6.26 Å². The summed E-state index contributed by atoms with van der Waals surface area (Å²) in [6.45, 7) is 2.37. The number of carbonyl (C=O) groups excluding carboxylic acids is 1. The molecule has 0 saturated carbocycles. The number of hydrogen-bond donors (Lipinski definition) is 3. The number of aliphatic carboxylic acids is 1. The fraction of sp³-hybridized carbons (Fsp3) is 0.538. The Morgan fingerprint density at radius 1 is 1.42 bits per heavy atom. The SMILES string of the molecule is CC(Cc1ccco1)NC(=O)NCCCCC(=O)O. The summed E-state index contributed by atoms with van der Waals surface area (Å²) >= 11 is 0. The fourth-order valence-corrected chi connectivity index (χ4v) is 1.66. The first-order valence-corrected chi connectivity index (χ1v) is 6.36. The molecule has 3 N–H and O–H groups in total. The quantitative estimate of drug-likeness (QED) is 0.626. The number of amides is 2. The molecule has 0 spiro atoms. The van der Waals surface area contributed by atoms with E-state index in [1.165, 1.54) is 0 Å². The van der Waals surface area contributed by atoms with Crippen LogP contribution in [0.2, 0.25) is 0 Å². The topological polar surface area (TPSA) is 91.6 Å². The van der Waals surface area contributed by atoms with Gasteiger partial charge in [-0.15, -0.1) is 0 Å². The van der Waals surface area contributed by atoms with Gasteiger partial charge in [0.25, 0.3) is 0 Å². The van der Waals surface area contributed by atoms with E-state index in [0.717, 1.165) is 5.76 Å². The van der Waals surface area contributed by atoms with Crippen molar-refractivity contribution in [1.82, 2.24) is 10.6 Å². The minimum atomic E-state index is -0.809. The van der Waals surface area contributed by atoms with Crippen molar-refractivity contribution in [2.24, 2.45) is 0 Å². The van der Waals surface area contributed by atoms with E-state index >= 15 is 0 Å². The van der Waals surface area contributed by atoms with Gasteiger partial charge < -0.3 is 20.2 Å². The molecule has 6 nitrogen and oxygen atoms in total. The molecule has 1 aromatic heterocycles. The van der Waals surface area contributed by atoms with Crippen molar-refractivity contribution >= 4 is 12.0 Å². The van der Waals surface area contributed by atoms with E-state index in [9.17, 15) is 9.59 Å². The van der Waals surface area contributed by atoms with Gasteiger partial charge >= 0.3 is 12.0 Å². The minimum absolute atomic E-state index is 0.0230. The number of hydrogen-bond acceptors (Lipinski definition) is 3. The van der Waals surface area contributed by atoms with Crippen LogP contribution in [0.25, 0.3) is 0 Å². The number of urea groups is 1. The van der Waals surface area contributed by atoms with Gasteiger partial charge in [0.2, 0.25) is 0 Å². The highest BCUT2D eigenvalue weighted by Crippen LogP contribution is 2.03. The lowest BCUT2D eigenvalue weighted by atomic mass is 10.2. The summed E-state index contributed by atoms with van der Waals surface area (Å²) in [7, 11) is 0. The van der Waals surface area contributed by atoms with E-state index in [4.69, 9.17) is 9.52 Å². The zero-order valence-corrected chi connectivity index (χ0v) is 11.0. The molecule has 0 radical (unpaired) electrons. The lowest BCUT2D eigenvalue weighted by molar-refractivity contribution is -0.137. The second-order valence-corrected chi connectivity index (χ2v) is 4.44. The Hall–Kier alpha value is -1.98. The van der Waals surface area contributed by atoms with E-state index in [-0.39, 0.29) is 18.5 Å². The molecule has 1 aromatic rings. The number of furan rings is 1. The van der Waals surface area contributed by atoms with E-state index < -0.39 is 5.97 Å². The Morgan fingerprint density at radius 2 is 2.21 bits per heavy atom. The van der Waals surface area contributed by atoms with Crippen molar-refractivity contribution in [2.45, 2.75) is 38.6 Å². The van der Waals surface area contributed by atoms with Crippen molar-refractivity contribution in [3.63, 3.8) is 0 Å². The third-order valence-corrected chi connectivity index (χ3v) is 2.57. The number of unbranched alkanes of at least 4 members (excludes halogenated alkanes) is 1. The Bertz CT molecular complexity index is 389. The van der Waals surface area contributed by atoms with Gasteiger partial charge in [0.1, 0.15) is 5.76 Å². The summed E-state index contributed by atoms with van der Waals surface area (Å²) in [4.78, 5) is 21.8. The molecular formula is C13H20N2O4. The highest BCUT2D eigenvalue weighted by molar-refractivity contribution is 5.74. The second kappa shape index (κ2) is 8.18. The summed E-state index contributed by atoms with van der Waals surface area (Å²) in [5.41, 5.74) is 0. The van der Waals surface area contributed by atoms with Crippen molar-refractivity contribution in [2.75, 3.05) is 6.54 Å². The van der Waals surface area contributed by atoms with Gasteiger partial charge in [-0.25, -0.2) is 4.79 Å². The summed E-state index contributed by atoms with van der Waals surface area (Å²) in [6.07, 6.45) is 3.60. The van der Waals surface area contributed by atoms with Crippen LogP contribution >= 0.6 is 0 Å². The molecule has 106 valence electrons. The van der Waals surface area contributed by atoms with Crippen LogP contribution in [0.15, 0.2) is 22.8 Å². The Balaban J connectivity index is 2.08. The largest absolute Gasteiger partial charge is 0.481 e. The van der Waals surface area contributed by atoms with Gasteiger partial charge in [-0.3, -0.25) is 4.79 Å². The third kappa shape index (κ3) is 7.13. The monoisotopic (exact) mass is 268 g/mol. The molecule has 0 aliphatic carbocycles.